The van der Waals surface area contributed by atoms with Gasteiger partial charge in [-0.3, -0.25) is 24.1 Å². The van der Waals surface area contributed by atoms with E-state index in [-0.39, 0.29) is 23.7 Å². The smallest absolute Gasteiger partial charge is 0.326 e. The first-order valence-electron chi connectivity index (χ1n) is 7.66. The van der Waals surface area contributed by atoms with Gasteiger partial charge < -0.3 is 10.1 Å². The first-order chi connectivity index (χ1) is 10.7. The normalized spacial score (nSPS) is 23.7. The van der Waals surface area contributed by atoms with Crippen molar-refractivity contribution in [1.82, 2.24) is 10.2 Å². The zero-order valence-corrected chi connectivity index (χ0v) is 13.6. The molecular weight excluding hydrogens is 300 g/mol. The number of esters is 1. The van der Waals surface area contributed by atoms with Crippen LogP contribution in [0.5, 0.6) is 0 Å². The van der Waals surface area contributed by atoms with Crippen molar-refractivity contribution in [3.05, 3.63) is 12.2 Å². The molecule has 7 heteroatoms. The highest BCUT2D eigenvalue weighted by atomic mass is 16.5. The van der Waals surface area contributed by atoms with Gasteiger partial charge in [0.25, 0.3) is 5.91 Å². The van der Waals surface area contributed by atoms with E-state index in [0.29, 0.717) is 12.8 Å². The molecule has 2 aliphatic rings. The van der Waals surface area contributed by atoms with Gasteiger partial charge in [-0.2, -0.15) is 0 Å². The maximum atomic E-state index is 12.2. The maximum absolute atomic E-state index is 12.2. The number of ether oxygens (including phenoxy) is 1. The Morgan fingerprint density at radius 1 is 1.17 bits per heavy atom. The number of imide groups is 1. The van der Waals surface area contributed by atoms with Crippen LogP contribution in [0.1, 0.15) is 33.6 Å². The number of amides is 3. The summed E-state index contributed by atoms with van der Waals surface area (Å²) in [7, 11) is 0. The molecule has 1 aliphatic carbocycles. The molecule has 0 unspecified atom stereocenters. The van der Waals surface area contributed by atoms with Crippen molar-refractivity contribution in [2.45, 2.75) is 39.2 Å². The Balaban J connectivity index is 1.85. The fourth-order valence-corrected chi connectivity index (χ4v) is 2.80. The summed E-state index contributed by atoms with van der Waals surface area (Å²) in [5.41, 5.74) is -0.424. The van der Waals surface area contributed by atoms with Crippen LogP contribution in [0.3, 0.4) is 0 Å². The first-order valence-corrected chi connectivity index (χ1v) is 7.66. The Hall–Kier alpha value is -2.18. The third-order valence-electron chi connectivity index (χ3n) is 3.76. The molecule has 1 saturated heterocycles. The van der Waals surface area contributed by atoms with Gasteiger partial charge >= 0.3 is 5.97 Å². The molecule has 1 N–H and O–H groups in total. The number of allylic oxidation sites excluding steroid dienone is 2. The van der Waals surface area contributed by atoms with Crippen molar-refractivity contribution in [3.63, 3.8) is 0 Å². The number of rotatable bonds is 4. The minimum Gasteiger partial charge on any atom is -0.454 e. The van der Waals surface area contributed by atoms with Crippen LogP contribution in [0.15, 0.2) is 12.2 Å². The zero-order chi connectivity index (χ0) is 17.2. The molecule has 2 atom stereocenters. The third-order valence-corrected chi connectivity index (χ3v) is 3.76. The maximum Gasteiger partial charge on any atom is 0.326 e. The topological polar surface area (TPSA) is 92.8 Å². The van der Waals surface area contributed by atoms with Crippen LogP contribution in [-0.2, 0) is 23.9 Å². The van der Waals surface area contributed by atoms with E-state index in [1.54, 1.807) is 0 Å². The molecule has 0 radical (unpaired) electrons. The summed E-state index contributed by atoms with van der Waals surface area (Å²) < 4.78 is 4.85. The minimum atomic E-state index is -0.762. The van der Waals surface area contributed by atoms with Gasteiger partial charge in [-0.25, -0.2) is 0 Å². The quantitative estimate of drug-likeness (QED) is 0.459. The van der Waals surface area contributed by atoms with Crippen LogP contribution in [0.25, 0.3) is 0 Å². The number of carbonyl (C=O) groups excluding carboxylic acids is 4. The summed E-state index contributed by atoms with van der Waals surface area (Å²) in [6, 6.07) is 0. The molecule has 0 saturated carbocycles. The second-order valence-corrected chi connectivity index (χ2v) is 6.88. The summed E-state index contributed by atoms with van der Waals surface area (Å²) in [4.78, 5) is 48.7. The van der Waals surface area contributed by atoms with Gasteiger partial charge in [0, 0.05) is 5.54 Å². The summed E-state index contributed by atoms with van der Waals surface area (Å²) >= 11 is 0. The van der Waals surface area contributed by atoms with Crippen LogP contribution in [0, 0.1) is 11.8 Å². The number of hydrogen-bond acceptors (Lipinski definition) is 5. The molecule has 3 amide bonds. The molecule has 2 rings (SSSR count). The van der Waals surface area contributed by atoms with Crippen LogP contribution in [0.4, 0.5) is 0 Å². The molecule has 0 aromatic carbocycles. The Bertz CT molecular complexity index is 535. The molecule has 1 heterocycles. The molecule has 0 bridgehead atoms. The number of likely N-dealkylation sites (tertiary alicyclic amines) is 1. The van der Waals surface area contributed by atoms with Gasteiger partial charge in [0.2, 0.25) is 11.8 Å². The van der Waals surface area contributed by atoms with E-state index in [4.69, 9.17) is 4.74 Å². The summed E-state index contributed by atoms with van der Waals surface area (Å²) in [6.07, 6.45) is 4.81. The first kappa shape index (κ1) is 17.2. The predicted octanol–water partition coefficient (Wildman–Crippen LogP) is 0.395. The standard InChI is InChI=1S/C16H22N2O5/c1-16(2,3)17-12(19)9-23-13(20)8-18-14(21)10-6-4-5-7-11(10)15(18)22/h4-5,10-11H,6-9H2,1-3H3,(H,17,19)/t10-,11+. The van der Waals surface area contributed by atoms with Crippen molar-refractivity contribution in [3.8, 4) is 0 Å². The lowest BCUT2D eigenvalue weighted by Gasteiger charge is -2.20. The van der Waals surface area contributed by atoms with Gasteiger partial charge in [0.15, 0.2) is 6.61 Å². The highest BCUT2D eigenvalue weighted by Crippen LogP contribution is 2.34. The molecule has 1 fully saturated rings. The molecule has 126 valence electrons. The predicted molar refractivity (Wildman–Crippen MR) is 80.9 cm³/mol. The molecule has 7 nitrogen and oxygen atoms in total. The second kappa shape index (κ2) is 6.52. The number of nitrogens with one attached hydrogen (secondary N) is 1. The van der Waals surface area contributed by atoms with Crippen LogP contribution in [-0.4, -0.2) is 47.3 Å². The van der Waals surface area contributed by atoms with E-state index in [1.807, 2.05) is 32.9 Å². The molecule has 0 spiro atoms. The fourth-order valence-electron chi connectivity index (χ4n) is 2.80. The van der Waals surface area contributed by atoms with E-state index >= 15 is 0 Å². The third kappa shape index (κ3) is 4.18. The monoisotopic (exact) mass is 322 g/mol. The Kier molecular flexibility index (Phi) is 4.87. The Morgan fingerprint density at radius 2 is 1.70 bits per heavy atom. The van der Waals surface area contributed by atoms with Gasteiger partial charge in [0.05, 0.1) is 11.8 Å². The average Bonchev–Trinajstić information content (AvgIpc) is 2.69. The van der Waals surface area contributed by atoms with Crippen LogP contribution in [0.2, 0.25) is 0 Å². The number of carbonyl (C=O) groups is 4. The molecule has 23 heavy (non-hydrogen) atoms. The molecule has 1 aliphatic heterocycles. The van der Waals surface area contributed by atoms with E-state index in [9.17, 15) is 19.2 Å². The zero-order valence-electron chi connectivity index (χ0n) is 13.6. The van der Waals surface area contributed by atoms with Crippen LogP contribution >= 0.6 is 0 Å². The summed E-state index contributed by atoms with van der Waals surface area (Å²) in [5.74, 6) is -2.60. The SMILES string of the molecule is CC(C)(C)NC(=O)COC(=O)CN1C(=O)[C@H]2CC=CC[C@H]2C1=O. The van der Waals surface area contributed by atoms with E-state index in [0.717, 1.165) is 4.90 Å². The van der Waals surface area contributed by atoms with Gasteiger partial charge in [-0.05, 0) is 33.6 Å². The van der Waals surface area contributed by atoms with Gasteiger partial charge in [0.1, 0.15) is 6.54 Å². The number of fused-ring (bicyclic) bond motifs is 1. The van der Waals surface area contributed by atoms with E-state index in [2.05, 4.69) is 5.32 Å². The number of nitrogens with zero attached hydrogens (tertiary/aromatic N) is 1. The Morgan fingerprint density at radius 3 is 2.17 bits per heavy atom. The number of hydrogen-bond donors (Lipinski definition) is 1. The molecule has 0 aromatic rings. The van der Waals surface area contributed by atoms with Crippen molar-refractivity contribution in [2.24, 2.45) is 11.8 Å². The van der Waals surface area contributed by atoms with E-state index in [1.165, 1.54) is 0 Å². The molecule has 0 aromatic heterocycles. The van der Waals surface area contributed by atoms with Crippen molar-refractivity contribution >= 4 is 23.7 Å². The van der Waals surface area contributed by atoms with E-state index < -0.39 is 30.6 Å². The van der Waals surface area contributed by atoms with Crippen LogP contribution < -0.4 is 5.32 Å². The highest BCUT2D eigenvalue weighted by Gasteiger charge is 2.47. The second-order valence-electron chi connectivity index (χ2n) is 6.88. The van der Waals surface area contributed by atoms with Crippen molar-refractivity contribution in [2.75, 3.05) is 13.2 Å². The summed E-state index contributed by atoms with van der Waals surface area (Å²) in [5, 5.41) is 2.65. The minimum absolute atomic E-state index is 0.333. The fraction of sp³-hybridized carbons (Fsp3) is 0.625. The van der Waals surface area contributed by atoms with Crippen molar-refractivity contribution in [1.29, 1.82) is 0 Å². The van der Waals surface area contributed by atoms with Gasteiger partial charge in [-0.1, -0.05) is 12.2 Å². The van der Waals surface area contributed by atoms with Crippen molar-refractivity contribution < 1.29 is 23.9 Å². The lowest BCUT2D eigenvalue weighted by molar-refractivity contribution is -0.155. The molecular formula is C16H22N2O5. The highest BCUT2D eigenvalue weighted by molar-refractivity contribution is 6.07. The lowest BCUT2D eigenvalue weighted by atomic mass is 9.85. The lowest BCUT2D eigenvalue weighted by Crippen LogP contribution is -2.43. The summed E-state index contributed by atoms with van der Waals surface area (Å²) in [6.45, 7) is 4.56. The van der Waals surface area contributed by atoms with Gasteiger partial charge in [-0.15, -0.1) is 0 Å². The average molecular weight is 322 g/mol. The Labute approximate surface area is 135 Å². The largest absolute Gasteiger partial charge is 0.454 e.